The summed E-state index contributed by atoms with van der Waals surface area (Å²) in [4.78, 5) is 14.6. The van der Waals surface area contributed by atoms with Gasteiger partial charge in [0.25, 0.3) is 5.91 Å². The molecular formula is C20H25N3O3. The van der Waals surface area contributed by atoms with E-state index in [0.717, 1.165) is 68.8 Å². The second-order valence-corrected chi connectivity index (χ2v) is 7.10. The van der Waals surface area contributed by atoms with Crippen LogP contribution in [-0.2, 0) is 19.4 Å². The topological polar surface area (TPSA) is 67.6 Å². The largest absolute Gasteiger partial charge is 0.497 e. The number of ether oxygens (including phenoxy) is 1. The van der Waals surface area contributed by atoms with Crippen LogP contribution in [0.5, 0.6) is 5.75 Å². The Hall–Kier alpha value is -2.34. The van der Waals surface area contributed by atoms with Crippen molar-refractivity contribution in [3.05, 3.63) is 46.8 Å². The quantitative estimate of drug-likeness (QED) is 0.893. The molecule has 4 rings (SSSR count). The van der Waals surface area contributed by atoms with E-state index in [0.29, 0.717) is 11.7 Å². The lowest BCUT2D eigenvalue weighted by Crippen LogP contribution is -2.35. The van der Waals surface area contributed by atoms with Gasteiger partial charge in [0, 0.05) is 37.7 Å². The van der Waals surface area contributed by atoms with E-state index >= 15 is 0 Å². The van der Waals surface area contributed by atoms with Crippen molar-refractivity contribution < 1.29 is 14.1 Å². The van der Waals surface area contributed by atoms with Gasteiger partial charge in [-0.25, -0.2) is 0 Å². The number of aryl methyl sites for hydroxylation is 1. The highest BCUT2D eigenvalue weighted by atomic mass is 16.5. The number of carbonyl (C=O) groups is 1. The molecule has 1 aliphatic heterocycles. The summed E-state index contributed by atoms with van der Waals surface area (Å²) in [5.41, 5.74) is 2.74. The predicted molar refractivity (Wildman–Crippen MR) is 97.3 cm³/mol. The number of carbonyl (C=O) groups excluding carboxylic acids is 1. The number of hydrogen-bond donors (Lipinski definition) is 1. The number of nitrogens with zero attached hydrogens (tertiary/aromatic N) is 2. The number of likely N-dealkylation sites (tertiary alicyclic amines) is 1. The molecule has 1 fully saturated rings. The molecule has 0 spiro atoms. The van der Waals surface area contributed by atoms with Crippen LogP contribution in [0.15, 0.2) is 28.8 Å². The average Bonchev–Trinajstić information content (AvgIpc) is 3.36. The Balaban J connectivity index is 1.40. The maximum absolute atomic E-state index is 12.7. The van der Waals surface area contributed by atoms with Gasteiger partial charge in [-0.15, -0.1) is 0 Å². The summed E-state index contributed by atoms with van der Waals surface area (Å²) in [6.45, 7) is 2.46. The zero-order chi connectivity index (χ0) is 17.9. The molecule has 26 heavy (non-hydrogen) atoms. The van der Waals surface area contributed by atoms with Crippen molar-refractivity contribution in [1.29, 1.82) is 0 Å². The van der Waals surface area contributed by atoms with Gasteiger partial charge < -0.3 is 19.5 Å². The van der Waals surface area contributed by atoms with E-state index < -0.39 is 0 Å². The lowest BCUT2D eigenvalue weighted by molar-refractivity contribution is 0.0781. The Morgan fingerprint density at radius 3 is 2.81 bits per heavy atom. The van der Waals surface area contributed by atoms with E-state index in [2.05, 4.69) is 22.6 Å². The summed E-state index contributed by atoms with van der Waals surface area (Å²) in [5, 5.41) is 7.71. The van der Waals surface area contributed by atoms with Gasteiger partial charge in [0.1, 0.15) is 11.5 Å². The van der Waals surface area contributed by atoms with Crippen LogP contribution < -0.4 is 10.1 Å². The Labute approximate surface area is 153 Å². The van der Waals surface area contributed by atoms with Crippen molar-refractivity contribution in [3.8, 4) is 5.75 Å². The van der Waals surface area contributed by atoms with E-state index in [4.69, 9.17) is 9.26 Å². The minimum Gasteiger partial charge on any atom is -0.497 e. The second-order valence-electron chi connectivity index (χ2n) is 7.10. The fourth-order valence-electron chi connectivity index (χ4n) is 3.82. The maximum Gasteiger partial charge on any atom is 0.276 e. The highest BCUT2D eigenvalue weighted by molar-refractivity contribution is 5.94. The van der Waals surface area contributed by atoms with Gasteiger partial charge in [0.05, 0.1) is 7.11 Å². The van der Waals surface area contributed by atoms with Crippen LogP contribution in [0.25, 0.3) is 0 Å². The first-order valence-electron chi connectivity index (χ1n) is 9.37. The Morgan fingerprint density at radius 1 is 1.31 bits per heavy atom. The number of amides is 1. The number of aromatic nitrogens is 1. The first kappa shape index (κ1) is 17.1. The zero-order valence-electron chi connectivity index (χ0n) is 15.2. The lowest BCUT2D eigenvalue weighted by atomic mass is 9.91. The molecule has 1 N–H and O–H groups in total. The van der Waals surface area contributed by atoms with E-state index in [-0.39, 0.29) is 5.91 Å². The molecule has 138 valence electrons. The van der Waals surface area contributed by atoms with Gasteiger partial charge in [-0.3, -0.25) is 4.79 Å². The molecule has 1 aromatic carbocycles. The molecule has 6 nitrogen and oxygen atoms in total. The molecule has 1 aromatic heterocycles. The molecule has 0 radical (unpaired) electrons. The minimum absolute atomic E-state index is 0.0308. The summed E-state index contributed by atoms with van der Waals surface area (Å²) in [6.07, 6.45) is 4.78. The van der Waals surface area contributed by atoms with Crippen LogP contribution in [0, 0.1) is 0 Å². The van der Waals surface area contributed by atoms with Crippen molar-refractivity contribution in [3.63, 3.8) is 0 Å². The standard InChI is InChI=1S/C20H25N3O3/c1-25-16-7-4-14(5-8-16)13-21-15-6-9-18-17(12-15)19(22-26-18)20(24)23-10-2-3-11-23/h4-5,7-8,15,21H,2-3,6,9-13H2,1H3. The molecule has 2 aromatic rings. The van der Waals surface area contributed by atoms with Gasteiger partial charge in [0.2, 0.25) is 0 Å². The molecule has 1 amide bonds. The van der Waals surface area contributed by atoms with Crippen molar-refractivity contribution in [2.24, 2.45) is 0 Å². The van der Waals surface area contributed by atoms with Crippen LogP contribution in [0.3, 0.4) is 0 Å². The highest BCUT2D eigenvalue weighted by Crippen LogP contribution is 2.26. The van der Waals surface area contributed by atoms with Crippen LogP contribution in [0.2, 0.25) is 0 Å². The van der Waals surface area contributed by atoms with Gasteiger partial charge in [-0.05, 0) is 43.4 Å². The molecule has 1 atom stereocenters. The third-order valence-electron chi connectivity index (χ3n) is 5.39. The van der Waals surface area contributed by atoms with Gasteiger partial charge in [0.15, 0.2) is 5.69 Å². The molecule has 0 bridgehead atoms. The zero-order valence-corrected chi connectivity index (χ0v) is 15.2. The summed E-state index contributed by atoms with van der Waals surface area (Å²) in [7, 11) is 1.67. The maximum atomic E-state index is 12.7. The Morgan fingerprint density at radius 2 is 2.08 bits per heavy atom. The molecule has 1 saturated heterocycles. The van der Waals surface area contributed by atoms with Crippen molar-refractivity contribution in [2.75, 3.05) is 20.2 Å². The molecule has 0 saturated carbocycles. The van der Waals surface area contributed by atoms with E-state index in [1.807, 2.05) is 17.0 Å². The second kappa shape index (κ2) is 7.50. The Kier molecular flexibility index (Phi) is 4.93. The summed E-state index contributed by atoms with van der Waals surface area (Å²) >= 11 is 0. The summed E-state index contributed by atoms with van der Waals surface area (Å²) in [5.74, 6) is 1.78. The number of fused-ring (bicyclic) bond motifs is 1. The van der Waals surface area contributed by atoms with Crippen LogP contribution in [0.1, 0.15) is 46.6 Å². The van der Waals surface area contributed by atoms with Crippen LogP contribution >= 0.6 is 0 Å². The first-order valence-corrected chi connectivity index (χ1v) is 9.37. The van der Waals surface area contributed by atoms with Crippen LogP contribution in [-0.4, -0.2) is 42.2 Å². The fraction of sp³-hybridized carbons (Fsp3) is 0.500. The van der Waals surface area contributed by atoms with E-state index in [1.54, 1.807) is 7.11 Å². The number of nitrogens with one attached hydrogen (secondary N) is 1. The van der Waals surface area contributed by atoms with Crippen LogP contribution in [0.4, 0.5) is 0 Å². The third kappa shape index (κ3) is 3.46. The molecular weight excluding hydrogens is 330 g/mol. The summed E-state index contributed by atoms with van der Waals surface area (Å²) < 4.78 is 10.7. The lowest BCUT2D eigenvalue weighted by Gasteiger charge is -2.23. The molecule has 2 heterocycles. The molecule has 6 heteroatoms. The first-order chi connectivity index (χ1) is 12.7. The minimum atomic E-state index is 0.0308. The van der Waals surface area contributed by atoms with Gasteiger partial charge in [-0.2, -0.15) is 0 Å². The SMILES string of the molecule is COc1ccc(CNC2CCc3onc(C(=O)N4CCCC4)c3C2)cc1. The van der Waals surface area contributed by atoms with E-state index in [1.165, 1.54) is 5.56 Å². The average molecular weight is 355 g/mol. The number of methoxy groups -OCH3 is 1. The third-order valence-corrected chi connectivity index (χ3v) is 5.39. The van der Waals surface area contributed by atoms with Crippen molar-refractivity contribution >= 4 is 5.91 Å². The highest BCUT2D eigenvalue weighted by Gasteiger charge is 2.31. The summed E-state index contributed by atoms with van der Waals surface area (Å²) in [6, 6.07) is 8.42. The molecule has 1 aliphatic carbocycles. The monoisotopic (exact) mass is 355 g/mol. The molecule has 1 unspecified atom stereocenters. The number of rotatable bonds is 5. The molecule has 2 aliphatic rings. The Bertz CT molecular complexity index is 763. The van der Waals surface area contributed by atoms with E-state index in [9.17, 15) is 4.79 Å². The predicted octanol–water partition coefficient (Wildman–Crippen LogP) is 2.57. The smallest absolute Gasteiger partial charge is 0.276 e. The normalized spacial score (nSPS) is 19.4. The van der Waals surface area contributed by atoms with Crippen molar-refractivity contribution in [1.82, 2.24) is 15.4 Å². The van der Waals surface area contributed by atoms with Gasteiger partial charge in [-0.1, -0.05) is 17.3 Å². The van der Waals surface area contributed by atoms with Gasteiger partial charge >= 0.3 is 0 Å². The number of benzene rings is 1. The number of hydrogen-bond acceptors (Lipinski definition) is 5. The van der Waals surface area contributed by atoms with Crippen molar-refractivity contribution in [2.45, 2.75) is 44.7 Å². The fourth-order valence-corrected chi connectivity index (χ4v) is 3.82.